The Morgan fingerprint density at radius 1 is 0.628 bits per heavy atom. The first-order valence-corrected chi connectivity index (χ1v) is 13.0. The molecule has 0 spiro atoms. The van der Waals surface area contributed by atoms with Gasteiger partial charge in [0.1, 0.15) is 65.7 Å². The third-order valence-corrected chi connectivity index (χ3v) is 7.22. The fourth-order valence-electron chi connectivity index (χ4n) is 4.80. The van der Waals surface area contributed by atoms with Gasteiger partial charge in [0.15, 0.2) is 11.5 Å². The topological polar surface area (TPSA) is 271 Å². The summed E-state index contributed by atoms with van der Waals surface area (Å²) in [7, 11) is 0. The normalized spacial score (nSPS) is 32.9. The molecule has 2 aliphatic rings. The zero-order valence-electron chi connectivity index (χ0n) is 22.1. The molecule has 0 saturated carbocycles. The van der Waals surface area contributed by atoms with Crippen LogP contribution in [0.1, 0.15) is 0 Å². The van der Waals surface area contributed by atoms with E-state index in [9.17, 15) is 56.2 Å². The highest BCUT2D eigenvalue weighted by Crippen LogP contribution is 2.43. The number of aliphatic hydroxyl groups is 8. The van der Waals surface area contributed by atoms with Crippen LogP contribution in [0.2, 0.25) is 0 Å². The van der Waals surface area contributed by atoms with E-state index >= 15 is 0 Å². The second-order valence-electron chi connectivity index (χ2n) is 10.1. The predicted octanol–water partition coefficient (Wildman–Crippen LogP) is -2.14. The Morgan fingerprint density at radius 3 is 1.72 bits per heavy atom. The van der Waals surface area contributed by atoms with Gasteiger partial charge in [-0.1, -0.05) is 0 Å². The van der Waals surface area contributed by atoms with Gasteiger partial charge in [0, 0.05) is 18.2 Å². The van der Waals surface area contributed by atoms with Gasteiger partial charge < -0.3 is 75.1 Å². The Labute approximate surface area is 242 Å². The van der Waals surface area contributed by atoms with Gasteiger partial charge >= 0.3 is 11.3 Å². The summed E-state index contributed by atoms with van der Waals surface area (Å²) in [5.74, 6) is -1.96. The van der Waals surface area contributed by atoms with E-state index in [0.717, 1.165) is 18.2 Å². The number of rotatable bonds is 7. The first-order chi connectivity index (χ1) is 20.4. The predicted molar refractivity (Wildman–Crippen MR) is 140 cm³/mol. The molecule has 5 rings (SSSR count). The molecule has 2 aromatic carbocycles. The maximum atomic E-state index is 10.6. The van der Waals surface area contributed by atoms with Crippen LogP contribution in [0.15, 0.2) is 40.8 Å². The quantitative estimate of drug-likeness (QED) is 0.100. The highest BCUT2D eigenvalue weighted by Gasteiger charge is 2.47. The SMILES string of the molecule is OC[C@H]1O[C@@H](Oc2cc3c(O[C@@H]4O[C@H](CO)[C@@H](O)[C@H](O)[C@H]4O)cc(O)cc3[o+]c2-c2ccc(O)c(O)c2)[C@H](O)[C@@H](O)[C@H]1O. The number of ether oxygens (including phenoxy) is 4. The number of fused-ring (bicyclic) bond motifs is 1. The van der Waals surface area contributed by atoms with E-state index in [1.54, 1.807) is 0 Å². The van der Waals surface area contributed by atoms with Crippen LogP contribution in [-0.2, 0) is 9.47 Å². The number of hydrogen-bond donors (Lipinski definition) is 11. The molecule has 0 aliphatic carbocycles. The zero-order chi connectivity index (χ0) is 31.2. The van der Waals surface area contributed by atoms with Crippen LogP contribution in [0.4, 0.5) is 0 Å². The van der Waals surface area contributed by atoms with Crippen LogP contribution >= 0.6 is 0 Å². The van der Waals surface area contributed by atoms with Crippen LogP contribution in [0.25, 0.3) is 22.3 Å². The zero-order valence-corrected chi connectivity index (χ0v) is 22.1. The van der Waals surface area contributed by atoms with Crippen molar-refractivity contribution in [2.45, 2.75) is 61.4 Å². The Hall–Kier alpha value is -3.55. The highest BCUT2D eigenvalue weighted by atomic mass is 16.7. The number of aromatic hydroxyl groups is 3. The molecule has 0 unspecified atom stereocenters. The highest BCUT2D eigenvalue weighted by molar-refractivity contribution is 5.89. The Balaban J connectivity index is 1.61. The summed E-state index contributed by atoms with van der Waals surface area (Å²) in [6, 6.07) is 7.17. The lowest BCUT2D eigenvalue weighted by Crippen LogP contribution is -2.60. The molecule has 2 fully saturated rings. The van der Waals surface area contributed by atoms with Crippen molar-refractivity contribution in [1.29, 1.82) is 0 Å². The van der Waals surface area contributed by atoms with Crippen molar-refractivity contribution in [2.75, 3.05) is 13.2 Å². The largest absolute Gasteiger partial charge is 0.507 e. The van der Waals surface area contributed by atoms with Gasteiger partial charge in [-0.15, -0.1) is 0 Å². The summed E-state index contributed by atoms with van der Waals surface area (Å²) >= 11 is 0. The van der Waals surface area contributed by atoms with Crippen molar-refractivity contribution < 1.29 is 79.5 Å². The van der Waals surface area contributed by atoms with Crippen LogP contribution < -0.4 is 9.47 Å². The smallest absolute Gasteiger partial charge is 0.402 e. The van der Waals surface area contributed by atoms with Gasteiger partial charge in [0.25, 0.3) is 0 Å². The molecular weight excluding hydrogens is 580 g/mol. The van der Waals surface area contributed by atoms with Crippen LogP contribution in [0.3, 0.4) is 0 Å². The van der Waals surface area contributed by atoms with Crippen molar-refractivity contribution in [1.82, 2.24) is 0 Å². The molecule has 16 heteroatoms. The average molecular weight is 612 g/mol. The fraction of sp³-hybridized carbons (Fsp3) is 0.444. The minimum Gasteiger partial charge on any atom is -0.507 e. The lowest BCUT2D eigenvalue weighted by atomic mass is 9.99. The van der Waals surface area contributed by atoms with E-state index in [2.05, 4.69) is 0 Å². The van der Waals surface area contributed by atoms with Gasteiger partial charge in [-0.25, -0.2) is 4.42 Å². The number of aliphatic hydroxyl groups excluding tert-OH is 8. The van der Waals surface area contributed by atoms with E-state index in [1.807, 2.05) is 0 Å². The summed E-state index contributed by atoms with van der Waals surface area (Å²) in [4.78, 5) is 0. The standard InChI is InChI=1S/C27H30O16/c28-7-17-19(33)21(35)23(37)26(42-17)40-15-5-10(30)4-14-11(15)6-16(25(39-14)9-1-2-12(31)13(32)3-9)41-27-24(38)22(36)20(34)18(8-29)43-27/h1-6,17-24,26-29,33-38H,7-8H2,(H2-,30,31,32)/p+1/t17-,18-,19-,20+,21+,22+,23-,24-,26-,27-/m1/s1. The second-order valence-corrected chi connectivity index (χ2v) is 10.1. The lowest BCUT2D eigenvalue weighted by Gasteiger charge is -2.39. The van der Waals surface area contributed by atoms with Crippen LogP contribution in [0, 0.1) is 0 Å². The molecule has 16 nitrogen and oxygen atoms in total. The molecule has 0 bridgehead atoms. The van der Waals surface area contributed by atoms with Crippen molar-refractivity contribution in [3.63, 3.8) is 0 Å². The minimum atomic E-state index is -1.82. The van der Waals surface area contributed by atoms with Crippen LogP contribution in [0.5, 0.6) is 28.7 Å². The molecule has 3 aromatic rings. The maximum absolute atomic E-state index is 10.6. The molecule has 10 atom stereocenters. The molecule has 234 valence electrons. The lowest BCUT2D eigenvalue weighted by molar-refractivity contribution is -0.277. The molecule has 11 N–H and O–H groups in total. The first kappa shape index (κ1) is 30.9. The Kier molecular flexibility index (Phi) is 8.77. The number of phenols is 3. The average Bonchev–Trinajstić information content (AvgIpc) is 2.98. The minimum absolute atomic E-state index is 0.0427. The van der Waals surface area contributed by atoms with Gasteiger partial charge in [-0.2, -0.15) is 0 Å². The number of phenolic OH excluding ortho intramolecular Hbond substituents is 3. The van der Waals surface area contributed by atoms with Crippen molar-refractivity contribution in [3.8, 4) is 40.1 Å². The molecule has 0 radical (unpaired) electrons. The Morgan fingerprint density at radius 2 is 1.19 bits per heavy atom. The molecular formula is C27H31O16+. The maximum Gasteiger partial charge on any atom is 0.402 e. The summed E-state index contributed by atoms with van der Waals surface area (Å²) in [6.07, 6.45) is -16.4. The molecule has 2 aliphatic heterocycles. The Bertz CT molecular complexity index is 1450. The summed E-state index contributed by atoms with van der Waals surface area (Å²) in [6.45, 7) is -1.46. The van der Waals surface area contributed by atoms with Gasteiger partial charge in [-0.3, -0.25) is 0 Å². The van der Waals surface area contributed by atoms with Crippen molar-refractivity contribution >= 4 is 11.0 Å². The third-order valence-electron chi connectivity index (χ3n) is 7.22. The summed E-state index contributed by atoms with van der Waals surface area (Å²) in [5, 5.41) is 111. The van der Waals surface area contributed by atoms with E-state index in [4.69, 9.17) is 23.4 Å². The molecule has 43 heavy (non-hydrogen) atoms. The van der Waals surface area contributed by atoms with E-state index in [1.165, 1.54) is 18.2 Å². The monoisotopic (exact) mass is 611 g/mol. The number of hydrogen-bond acceptors (Lipinski definition) is 15. The summed E-state index contributed by atoms with van der Waals surface area (Å²) < 4.78 is 28.4. The van der Waals surface area contributed by atoms with Crippen molar-refractivity contribution in [3.05, 3.63) is 36.4 Å². The van der Waals surface area contributed by atoms with Gasteiger partial charge in [0.05, 0.1) is 24.8 Å². The van der Waals surface area contributed by atoms with E-state index in [0.29, 0.717) is 0 Å². The van der Waals surface area contributed by atoms with E-state index in [-0.39, 0.29) is 33.8 Å². The molecule has 3 heterocycles. The molecule has 1 aromatic heterocycles. The summed E-state index contributed by atoms with van der Waals surface area (Å²) in [5.41, 5.74) is 0.0554. The second kappa shape index (κ2) is 12.2. The fourth-order valence-corrected chi connectivity index (χ4v) is 4.80. The van der Waals surface area contributed by atoms with Gasteiger partial charge in [-0.05, 0) is 12.1 Å². The van der Waals surface area contributed by atoms with Crippen molar-refractivity contribution in [2.24, 2.45) is 0 Å². The van der Waals surface area contributed by atoms with E-state index < -0.39 is 91.9 Å². The molecule has 0 amide bonds. The third kappa shape index (κ3) is 5.85. The first-order valence-electron chi connectivity index (χ1n) is 13.0. The molecule has 2 saturated heterocycles. The number of benzene rings is 2. The van der Waals surface area contributed by atoms with Gasteiger partial charge in [0.2, 0.25) is 18.3 Å². The van der Waals surface area contributed by atoms with Crippen LogP contribution in [-0.4, -0.2) is 131 Å².